The molecule has 2 aliphatic rings. The molecule has 9 heteroatoms. The third-order valence-electron chi connectivity index (χ3n) is 12.9. The highest BCUT2D eigenvalue weighted by Crippen LogP contribution is 2.51. The Hall–Kier alpha value is -7.49. The molecule has 4 heterocycles. The fourth-order valence-electron chi connectivity index (χ4n) is 9.71. The van der Waals surface area contributed by atoms with E-state index in [9.17, 15) is 0 Å². The van der Waals surface area contributed by atoms with Gasteiger partial charge < -0.3 is 28.7 Å². The van der Waals surface area contributed by atoms with Gasteiger partial charge in [0.15, 0.2) is 23.0 Å². The van der Waals surface area contributed by atoms with Crippen LogP contribution in [-0.4, -0.2) is 26.4 Å². The Balaban J connectivity index is 0.993. The zero-order valence-corrected chi connectivity index (χ0v) is 39.3. The summed E-state index contributed by atoms with van der Waals surface area (Å²) in [7, 11) is 0. The number of ether oxygens (including phenoxy) is 4. The van der Waals surface area contributed by atoms with Crippen molar-refractivity contribution in [1.82, 2.24) is 0 Å². The molecule has 13 rings (SSSR count). The van der Waals surface area contributed by atoms with Gasteiger partial charge in [-0.3, -0.25) is 0 Å². The fraction of sp³-hybridized carbons (Fsp3) is 0.0847. The van der Waals surface area contributed by atoms with E-state index in [4.69, 9.17) is 30.5 Å². The monoisotopic (exact) mass is 940 g/mol. The van der Waals surface area contributed by atoms with Crippen LogP contribution in [0.2, 0.25) is 5.02 Å². The molecule has 0 spiro atoms. The first kappa shape index (κ1) is 40.8. The van der Waals surface area contributed by atoms with E-state index in [2.05, 4.69) is 162 Å². The zero-order valence-electron chi connectivity index (χ0n) is 36.9. The number of aryl methyl sites for hydroxylation is 1. The Labute approximate surface area is 406 Å². The van der Waals surface area contributed by atoms with Gasteiger partial charge in [-0.15, -0.1) is 22.7 Å². The standard InChI is InChI=1S/C59H41ClN2O4S2/c1-36-28-49(59(60)50(29-36)62(43-18-22-51-53(34-43)65-26-24-63-51)44-19-23-52-54(35-44)66-27-25-64-52)61(41-10-6-8-37(30-41)39-16-20-47-45-12-2-4-14-55(45)67-57(47)32-39)42-11-7-9-38(31-42)40-17-21-48-46-13-3-5-15-56(46)68-58(48)33-40/h2-23,28-35H,24-27H2,1H3. The van der Waals surface area contributed by atoms with Gasteiger partial charge >= 0.3 is 0 Å². The number of nitrogens with zero attached hydrogens (tertiary/aromatic N) is 2. The summed E-state index contributed by atoms with van der Waals surface area (Å²) in [5.74, 6) is 2.78. The summed E-state index contributed by atoms with van der Waals surface area (Å²) >= 11 is 11.7. The molecule has 0 aliphatic carbocycles. The smallest absolute Gasteiger partial charge is 0.163 e. The highest BCUT2D eigenvalue weighted by Gasteiger charge is 2.27. The van der Waals surface area contributed by atoms with E-state index in [0.29, 0.717) is 54.4 Å². The van der Waals surface area contributed by atoms with Crippen molar-refractivity contribution in [2.45, 2.75) is 6.92 Å². The van der Waals surface area contributed by atoms with Crippen LogP contribution in [0, 0.1) is 6.92 Å². The lowest BCUT2D eigenvalue weighted by Crippen LogP contribution is -2.18. The van der Waals surface area contributed by atoms with E-state index in [1.54, 1.807) is 0 Å². The minimum atomic E-state index is 0.471. The molecule has 0 unspecified atom stereocenters. The van der Waals surface area contributed by atoms with Crippen LogP contribution in [0.3, 0.4) is 0 Å². The number of rotatable bonds is 8. The zero-order chi connectivity index (χ0) is 45.3. The van der Waals surface area contributed by atoms with Crippen LogP contribution in [0.4, 0.5) is 34.1 Å². The average Bonchev–Trinajstić information content (AvgIpc) is 3.95. The Morgan fingerprint density at radius 1 is 0.368 bits per heavy atom. The molecular weight excluding hydrogens is 900 g/mol. The number of fused-ring (bicyclic) bond motifs is 8. The largest absolute Gasteiger partial charge is 0.486 e. The van der Waals surface area contributed by atoms with Crippen LogP contribution in [0.5, 0.6) is 23.0 Å². The minimum Gasteiger partial charge on any atom is -0.486 e. The van der Waals surface area contributed by atoms with Gasteiger partial charge in [0, 0.05) is 63.9 Å². The number of thiophene rings is 2. The predicted octanol–water partition coefficient (Wildman–Crippen LogP) is 17.2. The van der Waals surface area contributed by atoms with Gasteiger partial charge in [-0.2, -0.15) is 0 Å². The molecule has 11 aromatic rings. The van der Waals surface area contributed by atoms with Gasteiger partial charge in [0.1, 0.15) is 26.4 Å². The second-order valence-electron chi connectivity index (χ2n) is 17.2. The Kier molecular flexibility index (Phi) is 10.00. The van der Waals surface area contributed by atoms with Gasteiger partial charge in [0.2, 0.25) is 0 Å². The van der Waals surface area contributed by atoms with Crippen molar-refractivity contribution in [3.8, 4) is 45.3 Å². The highest BCUT2D eigenvalue weighted by atomic mass is 35.5. The second kappa shape index (κ2) is 16.7. The number of anilines is 6. The molecule has 0 bridgehead atoms. The fourth-order valence-corrected chi connectivity index (χ4v) is 12.3. The Bertz CT molecular complexity index is 3570. The summed E-state index contributed by atoms with van der Waals surface area (Å²) in [5.41, 5.74) is 10.8. The summed E-state index contributed by atoms with van der Waals surface area (Å²) in [6.45, 7) is 4.07. The number of hydrogen-bond acceptors (Lipinski definition) is 8. The first-order valence-corrected chi connectivity index (χ1v) is 24.7. The van der Waals surface area contributed by atoms with E-state index in [1.807, 2.05) is 59.1 Å². The molecule has 2 aromatic heterocycles. The van der Waals surface area contributed by atoms with Crippen LogP contribution < -0.4 is 28.7 Å². The molecule has 0 saturated heterocycles. The van der Waals surface area contributed by atoms with Crippen molar-refractivity contribution < 1.29 is 18.9 Å². The van der Waals surface area contributed by atoms with Gasteiger partial charge in [-0.05, 0) is 120 Å². The summed E-state index contributed by atoms with van der Waals surface area (Å²) < 4.78 is 29.3. The molecule has 0 radical (unpaired) electrons. The number of halogens is 1. The summed E-state index contributed by atoms with van der Waals surface area (Å²) in [4.78, 5) is 4.47. The SMILES string of the molecule is Cc1cc(N(c2cccc(-c3ccc4c(c3)sc3ccccc34)c2)c2cccc(-c3ccc4c(c3)sc3ccccc34)c2)c(Cl)c(N(c2ccc3c(c2)OCCO3)c2ccc3c(c2)OCCO3)c1. The molecule has 0 atom stereocenters. The summed E-state index contributed by atoms with van der Waals surface area (Å²) in [6, 6.07) is 65.0. The van der Waals surface area contributed by atoms with E-state index in [0.717, 1.165) is 61.9 Å². The van der Waals surface area contributed by atoms with E-state index >= 15 is 0 Å². The maximum atomic E-state index is 7.99. The van der Waals surface area contributed by atoms with Crippen molar-refractivity contribution in [2.75, 3.05) is 36.2 Å². The molecule has 9 aromatic carbocycles. The normalized spacial score (nSPS) is 13.1. The predicted molar refractivity (Wildman–Crippen MR) is 284 cm³/mol. The van der Waals surface area contributed by atoms with E-state index in [-0.39, 0.29) is 0 Å². The van der Waals surface area contributed by atoms with Crippen molar-refractivity contribution >= 4 is 109 Å². The Morgan fingerprint density at radius 3 is 1.26 bits per heavy atom. The lowest BCUT2D eigenvalue weighted by molar-refractivity contribution is 0.171. The van der Waals surface area contributed by atoms with Crippen LogP contribution >= 0.6 is 34.3 Å². The molecule has 0 N–H and O–H groups in total. The van der Waals surface area contributed by atoms with Crippen molar-refractivity contribution in [1.29, 1.82) is 0 Å². The maximum absolute atomic E-state index is 7.99. The van der Waals surface area contributed by atoms with Gasteiger partial charge in [-0.1, -0.05) is 96.5 Å². The first-order chi connectivity index (χ1) is 33.5. The molecule has 330 valence electrons. The van der Waals surface area contributed by atoms with Gasteiger partial charge in [0.25, 0.3) is 0 Å². The van der Waals surface area contributed by atoms with Gasteiger partial charge in [-0.25, -0.2) is 0 Å². The number of benzene rings is 9. The van der Waals surface area contributed by atoms with E-state index < -0.39 is 0 Å². The summed E-state index contributed by atoms with van der Waals surface area (Å²) in [5, 5.41) is 5.69. The van der Waals surface area contributed by atoms with Crippen molar-refractivity contribution in [3.05, 3.63) is 193 Å². The lowest BCUT2D eigenvalue weighted by Gasteiger charge is -2.32. The third kappa shape index (κ3) is 7.15. The average molecular weight is 942 g/mol. The molecule has 6 nitrogen and oxygen atoms in total. The second-order valence-corrected chi connectivity index (χ2v) is 19.7. The van der Waals surface area contributed by atoms with Gasteiger partial charge in [0.05, 0.1) is 27.8 Å². The quantitative estimate of drug-likeness (QED) is 0.151. The number of hydrogen-bond donors (Lipinski definition) is 0. The van der Waals surface area contributed by atoms with Crippen LogP contribution in [0.1, 0.15) is 5.56 Å². The van der Waals surface area contributed by atoms with E-state index in [1.165, 1.54) is 40.3 Å². The van der Waals surface area contributed by atoms with Crippen molar-refractivity contribution in [2.24, 2.45) is 0 Å². The lowest BCUT2D eigenvalue weighted by atomic mass is 10.0. The van der Waals surface area contributed by atoms with Crippen LogP contribution in [-0.2, 0) is 0 Å². The topological polar surface area (TPSA) is 43.4 Å². The highest BCUT2D eigenvalue weighted by molar-refractivity contribution is 7.26. The Morgan fingerprint density at radius 2 is 0.779 bits per heavy atom. The molecule has 0 amide bonds. The third-order valence-corrected chi connectivity index (χ3v) is 15.5. The molecule has 68 heavy (non-hydrogen) atoms. The molecule has 2 aliphatic heterocycles. The molecule has 0 saturated carbocycles. The maximum Gasteiger partial charge on any atom is 0.163 e. The van der Waals surface area contributed by atoms with Crippen LogP contribution in [0.25, 0.3) is 62.6 Å². The molecule has 0 fully saturated rings. The first-order valence-electron chi connectivity index (χ1n) is 22.7. The molecular formula is C59H41ClN2O4S2. The van der Waals surface area contributed by atoms with Crippen LogP contribution in [0.15, 0.2) is 182 Å². The minimum absolute atomic E-state index is 0.471. The van der Waals surface area contributed by atoms with Crippen molar-refractivity contribution in [3.63, 3.8) is 0 Å². The summed E-state index contributed by atoms with van der Waals surface area (Å²) in [6.07, 6.45) is 0.